The molecule has 0 radical (unpaired) electrons. The molecule has 3 N–H and O–H groups in total. The topological polar surface area (TPSA) is 61.6 Å². The molecule has 0 aliphatic rings. The summed E-state index contributed by atoms with van der Waals surface area (Å²) in [5.74, 6) is 1.22. The molecular formula is C16H28Cl2N4O. The second kappa shape index (κ2) is 10.8. The smallest absolute Gasteiger partial charge is 0.191 e. The van der Waals surface area contributed by atoms with Crippen LogP contribution in [0.2, 0.25) is 10.2 Å². The van der Waals surface area contributed by atoms with Crippen molar-refractivity contribution < 1.29 is 5.11 Å². The van der Waals surface area contributed by atoms with E-state index < -0.39 is 0 Å². The van der Waals surface area contributed by atoms with Crippen molar-refractivity contribution in [3.05, 3.63) is 21.9 Å². The van der Waals surface area contributed by atoms with Gasteiger partial charge in [0, 0.05) is 32.4 Å². The molecule has 1 unspecified atom stereocenters. The van der Waals surface area contributed by atoms with Gasteiger partial charge in [-0.25, -0.2) is 4.99 Å². The van der Waals surface area contributed by atoms with Crippen molar-refractivity contribution in [2.75, 3.05) is 19.7 Å². The van der Waals surface area contributed by atoms with Crippen molar-refractivity contribution in [2.24, 2.45) is 18.0 Å². The Hall–Kier alpha value is -0.910. The summed E-state index contributed by atoms with van der Waals surface area (Å²) >= 11 is 12.1. The highest BCUT2D eigenvalue weighted by Crippen LogP contribution is 2.25. The minimum Gasteiger partial charge on any atom is -0.396 e. The normalized spacial score (nSPS) is 13.2. The molecule has 0 aromatic carbocycles. The summed E-state index contributed by atoms with van der Waals surface area (Å²) in [7, 11) is 1.87. The Bertz CT molecular complexity index is 497. The minimum atomic E-state index is 0.223. The van der Waals surface area contributed by atoms with Crippen molar-refractivity contribution in [1.82, 2.24) is 15.2 Å². The zero-order valence-electron chi connectivity index (χ0n) is 14.2. The molecule has 1 rings (SSSR count). The monoisotopic (exact) mass is 362 g/mol. The fourth-order valence-electron chi connectivity index (χ4n) is 2.42. The lowest BCUT2D eigenvalue weighted by Crippen LogP contribution is -2.40. The first-order valence-corrected chi connectivity index (χ1v) is 8.91. The maximum absolute atomic E-state index is 9.14. The van der Waals surface area contributed by atoms with Crippen molar-refractivity contribution >= 4 is 29.2 Å². The number of hydrogen-bond acceptors (Lipinski definition) is 2. The van der Waals surface area contributed by atoms with Crippen LogP contribution in [0.5, 0.6) is 0 Å². The highest BCUT2D eigenvalue weighted by atomic mass is 35.5. The van der Waals surface area contributed by atoms with Crippen molar-refractivity contribution in [3.8, 4) is 0 Å². The second-order valence-electron chi connectivity index (χ2n) is 5.58. The summed E-state index contributed by atoms with van der Waals surface area (Å²) in [4.78, 5) is 4.59. The van der Waals surface area contributed by atoms with Gasteiger partial charge >= 0.3 is 0 Å². The Labute approximate surface area is 149 Å². The lowest BCUT2D eigenvalue weighted by atomic mass is 10.0. The third-order valence-electron chi connectivity index (χ3n) is 3.75. The Kier molecular flexibility index (Phi) is 9.44. The second-order valence-corrected chi connectivity index (χ2v) is 6.34. The minimum absolute atomic E-state index is 0.223. The van der Waals surface area contributed by atoms with E-state index in [0.717, 1.165) is 44.0 Å². The summed E-state index contributed by atoms with van der Waals surface area (Å²) < 4.78 is 1.84. The molecule has 132 valence electrons. The van der Waals surface area contributed by atoms with Crippen LogP contribution < -0.4 is 10.6 Å². The van der Waals surface area contributed by atoms with Crippen LogP contribution in [-0.4, -0.2) is 35.3 Å². The molecule has 1 atom stereocenters. The SMILES string of the molecule is CCCC(CCO)CNC(=NCc1cc(Cl)c(Cl)n1C)NCC. The molecule has 0 fully saturated rings. The van der Waals surface area contributed by atoms with E-state index in [-0.39, 0.29) is 6.61 Å². The molecule has 0 saturated heterocycles. The zero-order valence-corrected chi connectivity index (χ0v) is 15.7. The molecule has 0 aliphatic carbocycles. The number of aromatic nitrogens is 1. The molecule has 1 aromatic rings. The third kappa shape index (κ3) is 6.61. The highest BCUT2D eigenvalue weighted by molar-refractivity contribution is 6.41. The van der Waals surface area contributed by atoms with Crippen LogP contribution in [0.1, 0.15) is 38.8 Å². The molecule has 5 nitrogen and oxygen atoms in total. The fourth-order valence-corrected chi connectivity index (χ4v) is 2.84. The molecule has 23 heavy (non-hydrogen) atoms. The van der Waals surface area contributed by atoms with Gasteiger partial charge in [0.2, 0.25) is 0 Å². The molecule has 1 heterocycles. The number of guanidine groups is 1. The van der Waals surface area contributed by atoms with Gasteiger partial charge in [-0.2, -0.15) is 0 Å². The number of hydrogen-bond donors (Lipinski definition) is 3. The van der Waals surface area contributed by atoms with Gasteiger partial charge in [0.15, 0.2) is 5.96 Å². The lowest BCUT2D eigenvalue weighted by molar-refractivity contribution is 0.251. The predicted molar refractivity (Wildman–Crippen MR) is 98.4 cm³/mol. The summed E-state index contributed by atoms with van der Waals surface area (Å²) in [6.07, 6.45) is 3.01. The number of nitrogens with one attached hydrogen (secondary N) is 2. The first-order valence-electron chi connectivity index (χ1n) is 8.16. The Morgan fingerprint density at radius 1 is 1.30 bits per heavy atom. The van der Waals surface area contributed by atoms with E-state index in [1.54, 1.807) is 0 Å². The number of aliphatic imine (C=N–C) groups is 1. The van der Waals surface area contributed by atoms with Crippen molar-refractivity contribution in [2.45, 2.75) is 39.7 Å². The lowest BCUT2D eigenvalue weighted by Gasteiger charge is -2.18. The maximum atomic E-state index is 9.14. The van der Waals surface area contributed by atoms with E-state index in [1.807, 2.05) is 24.6 Å². The van der Waals surface area contributed by atoms with Gasteiger partial charge in [-0.15, -0.1) is 0 Å². The van der Waals surface area contributed by atoms with Crippen LogP contribution in [0.4, 0.5) is 0 Å². The summed E-state index contributed by atoms with van der Waals surface area (Å²) in [6.45, 7) is 6.50. The fraction of sp³-hybridized carbons (Fsp3) is 0.688. The van der Waals surface area contributed by atoms with E-state index in [0.29, 0.717) is 22.6 Å². The Balaban J connectivity index is 2.67. The zero-order chi connectivity index (χ0) is 17.2. The van der Waals surface area contributed by atoms with E-state index in [9.17, 15) is 0 Å². The molecular weight excluding hydrogens is 335 g/mol. The molecule has 0 saturated carbocycles. The van der Waals surface area contributed by atoms with Crippen LogP contribution in [0, 0.1) is 5.92 Å². The molecule has 0 spiro atoms. The molecule has 0 bridgehead atoms. The average Bonchev–Trinajstić information content (AvgIpc) is 2.77. The van der Waals surface area contributed by atoms with Gasteiger partial charge in [-0.1, -0.05) is 36.5 Å². The Morgan fingerprint density at radius 2 is 2.04 bits per heavy atom. The molecule has 0 aliphatic heterocycles. The van der Waals surface area contributed by atoms with Gasteiger partial charge in [0.1, 0.15) is 5.15 Å². The number of nitrogens with zero attached hydrogens (tertiary/aromatic N) is 2. The quantitative estimate of drug-likeness (QED) is 0.466. The van der Waals surface area contributed by atoms with Crippen LogP contribution in [-0.2, 0) is 13.6 Å². The van der Waals surface area contributed by atoms with Crippen molar-refractivity contribution in [3.63, 3.8) is 0 Å². The first-order chi connectivity index (χ1) is 11.0. The molecule has 1 aromatic heterocycles. The van der Waals surface area contributed by atoms with E-state index >= 15 is 0 Å². The number of aliphatic hydroxyl groups excluding tert-OH is 1. The van der Waals surface area contributed by atoms with Crippen LogP contribution in [0.3, 0.4) is 0 Å². The predicted octanol–water partition coefficient (Wildman–Crippen LogP) is 3.19. The van der Waals surface area contributed by atoms with E-state index in [4.69, 9.17) is 28.3 Å². The first kappa shape index (κ1) is 20.1. The standard InChI is InChI=1S/C16H28Cl2N4O/c1-4-6-12(7-8-23)10-20-16(19-5-2)21-11-13-9-14(17)15(18)22(13)3/h9,12,23H,4-8,10-11H2,1-3H3,(H2,19,20,21). The maximum Gasteiger partial charge on any atom is 0.191 e. The summed E-state index contributed by atoms with van der Waals surface area (Å²) in [5.41, 5.74) is 0.956. The molecule has 0 amide bonds. The van der Waals surface area contributed by atoms with Gasteiger partial charge in [0.25, 0.3) is 0 Å². The van der Waals surface area contributed by atoms with Gasteiger partial charge < -0.3 is 20.3 Å². The van der Waals surface area contributed by atoms with Gasteiger partial charge in [-0.05, 0) is 31.7 Å². The summed E-state index contributed by atoms with van der Waals surface area (Å²) in [5, 5.41) is 16.8. The molecule has 7 heteroatoms. The van der Waals surface area contributed by atoms with Gasteiger partial charge in [0.05, 0.1) is 11.6 Å². The number of rotatable bonds is 9. The van der Waals surface area contributed by atoms with Crippen molar-refractivity contribution in [1.29, 1.82) is 0 Å². The van der Waals surface area contributed by atoms with Gasteiger partial charge in [-0.3, -0.25) is 0 Å². The Morgan fingerprint density at radius 3 is 2.57 bits per heavy atom. The third-order valence-corrected chi connectivity index (χ3v) is 4.59. The van der Waals surface area contributed by atoms with E-state index in [2.05, 4.69) is 22.5 Å². The average molecular weight is 363 g/mol. The summed E-state index contributed by atoms with van der Waals surface area (Å²) in [6, 6.07) is 1.84. The largest absolute Gasteiger partial charge is 0.396 e. The highest BCUT2D eigenvalue weighted by Gasteiger charge is 2.10. The van der Waals surface area contributed by atoms with Crippen LogP contribution in [0.15, 0.2) is 11.1 Å². The number of halogens is 2. The number of aliphatic hydroxyl groups is 1. The van der Waals surface area contributed by atoms with Crippen LogP contribution in [0.25, 0.3) is 0 Å². The van der Waals surface area contributed by atoms with E-state index in [1.165, 1.54) is 0 Å². The van der Waals surface area contributed by atoms with Crippen LogP contribution >= 0.6 is 23.2 Å².